The molecule has 5 heteroatoms. The fraction of sp³-hybridized carbons (Fsp3) is 0.333. The van der Waals surface area contributed by atoms with Crippen LogP contribution >= 0.6 is 15.9 Å². The van der Waals surface area contributed by atoms with Crippen LogP contribution in [0, 0.1) is 0 Å². The van der Waals surface area contributed by atoms with Gasteiger partial charge in [-0.3, -0.25) is 9.59 Å². The third-order valence-electron chi connectivity index (χ3n) is 1.94. The lowest BCUT2D eigenvalue weighted by molar-refractivity contribution is -0.134. The van der Waals surface area contributed by atoms with E-state index in [4.69, 9.17) is 9.47 Å². The Morgan fingerprint density at radius 1 is 1.12 bits per heavy atom. The van der Waals surface area contributed by atoms with Crippen molar-refractivity contribution in [1.29, 1.82) is 0 Å². The molecule has 17 heavy (non-hydrogen) atoms. The molecule has 1 aromatic carbocycles. The largest absolute Gasteiger partial charge is 0.426 e. The first-order valence-corrected chi connectivity index (χ1v) is 6.07. The van der Waals surface area contributed by atoms with Crippen molar-refractivity contribution in [3.05, 3.63) is 22.7 Å². The molecule has 4 nitrogen and oxygen atoms in total. The van der Waals surface area contributed by atoms with Gasteiger partial charge < -0.3 is 9.47 Å². The maximum Gasteiger partial charge on any atom is 0.310 e. The lowest BCUT2D eigenvalue weighted by Crippen LogP contribution is -2.08. The van der Waals surface area contributed by atoms with Crippen molar-refractivity contribution in [2.45, 2.75) is 26.7 Å². The Morgan fingerprint density at radius 3 is 2.29 bits per heavy atom. The smallest absolute Gasteiger partial charge is 0.310 e. The zero-order valence-electron chi connectivity index (χ0n) is 9.66. The summed E-state index contributed by atoms with van der Waals surface area (Å²) in [6.07, 6.45) is 0.575. The summed E-state index contributed by atoms with van der Waals surface area (Å²) in [5, 5.41) is 0. The Bertz CT molecular complexity index is 429. The number of benzene rings is 1. The molecule has 0 saturated heterocycles. The molecule has 0 saturated carbocycles. The standard InChI is InChI=1S/C12H13BrO4/c1-3-11(14)16-8-5-6-9(13)10(7-8)17-12(15)4-2/h5-7H,3-4H2,1-2H3. The van der Waals surface area contributed by atoms with Crippen LogP contribution in [0.1, 0.15) is 26.7 Å². The Hall–Kier alpha value is -1.36. The van der Waals surface area contributed by atoms with Gasteiger partial charge in [0.05, 0.1) is 4.47 Å². The number of halogens is 1. The second-order valence-electron chi connectivity index (χ2n) is 3.25. The van der Waals surface area contributed by atoms with E-state index in [9.17, 15) is 9.59 Å². The van der Waals surface area contributed by atoms with Gasteiger partial charge in [-0.2, -0.15) is 0 Å². The summed E-state index contributed by atoms with van der Waals surface area (Å²) in [5.74, 6) is 0.0296. The molecule has 1 rings (SSSR count). The molecule has 0 amide bonds. The molecule has 0 unspecified atom stereocenters. The Kier molecular flexibility index (Phi) is 5.15. The third-order valence-corrected chi connectivity index (χ3v) is 2.59. The maximum absolute atomic E-state index is 11.2. The summed E-state index contributed by atoms with van der Waals surface area (Å²) in [6.45, 7) is 3.41. The van der Waals surface area contributed by atoms with Crippen LogP contribution in [0.3, 0.4) is 0 Å². The van der Waals surface area contributed by atoms with E-state index >= 15 is 0 Å². The molecule has 92 valence electrons. The predicted molar refractivity (Wildman–Crippen MR) is 66.0 cm³/mol. The van der Waals surface area contributed by atoms with E-state index in [1.807, 2.05) is 0 Å². The highest BCUT2D eigenvalue weighted by Crippen LogP contribution is 2.29. The Balaban J connectivity index is 2.86. The zero-order chi connectivity index (χ0) is 12.8. The average molecular weight is 301 g/mol. The molecule has 0 bridgehead atoms. The maximum atomic E-state index is 11.2. The van der Waals surface area contributed by atoms with Crippen molar-refractivity contribution in [1.82, 2.24) is 0 Å². The second kappa shape index (κ2) is 6.39. The van der Waals surface area contributed by atoms with E-state index < -0.39 is 0 Å². The van der Waals surface area contributed by atoms with E-state index in [2.05, 4.69) is 15.9 Å². The Morgan fingerprint density at radius 2 is 1.71 bits per heavy atom. The average Bonchev–Trinajstić information content (AvgIpc) is 2.33. The highest BCUT2D eigenvalue weighted by Gasteiger charge is 2.09. The van der Waals surface area contributed by atoms with E-state index in [-0.39, 0.29) is 18.4 Å². The topological polar surface area (TPSA) is 52.6 Å². The molecule has 0 atom stereocenters. The molecular weight excluding hydrogens is 288 g/mol. The molecule has 0 aromatic heterocycles. The number of hydrogen-bond donors (Lipinski definition) is 0. The van der Waals surface area contributed by atoms with Crippen LogP contribution in [0.15, 0.2) is 22.7 Å². The van der Waals surface area contributed by atoms with Gasteiger partial charge in [0.1, 0.15) is 11.5 Å². The van der Waals surface area contributed by atoms with Crippen molar-refractivity contribution in [2.24, 2.45) is 0 Å². The lowest BCUT2D eigenvalue weighted by Gasteiger charge is -2.08. The van der Waals surface area contributed by atoms with Gasteiger partial charge in [-0.15, -0.1) is 0 Å². The summed E-state index contributed by atoms with van der Waals surface area (Å²) >= 11 is 3.25. The van der Waals surface area contributed by atoms with Crippen molar-refractivity contribution in [3.8, 4) is 11.5 Å². The quantitative estimate of drug-likeness (QED) is 0.633. The molecule has 0 heterocycles. The first-order valence-electron chi connectivity index (χ1n) is 5.27. The summed E-state index contributed by atoms with van der Waals surface area (Å²) in [4.78, 5) is 22.3. The molecule has 0 aliphatic rings. The van der Waals surface area contributed by atoms with Crippen molar-refractivity contribution in [3.63, 3.8) is 0 Å². The fourth-order valence-corrected chi connectivity index (χ4v) is 1.35. The van der Waals surface area contributed by atoms with Crippen LogP contribution in [0.25, 0.3) is 0 Å². The molecule has 0 spiro atoms. The van der Waals surface area contributed by atoms with E-state index in [0.29, 0.717) is 22.4 Å². The Labute approximate surface area is 108 Å². The van der Waals surface area contributed by atoms with Gasteiger partial charge in [0, 0.05) is 18.9 Å². The van der Waals surface area contributed by atoms with Crippen LogP contribution < -0.4 is 9.47 Å². The third kappa shape index (κ3) is 4.19. The monoisotopic (exact) mass is 300 g/mol. The predicted octanol–water partition coefficient (Wildman–Crippen LogP) is 3.08. The normalized spacial score (nSPS) is 9.82. The lowest BCUT2D eigenvalue weighted by atomic mass is 10.3. The minimum atomic E-state index is -0.343. The molecule has 0 fully saturated rings. The van der Waals surface area contributed by atoms with Crippen LogP contribution in [0.2, 0.25) is 0 Å². The molecular formula is C12H13BrO4. The van der Waals surface area contributed by atoms with Crippen molar-refractivity contribution >= 4 is 27.9 Å². The van der Waals surface area contributed by atoms with Crippen LogP contribution in [-0.2, 0) is 9.59 Å². The van der Waals surface area contributed by atoms with Gasteiger partial charge in [-0.25, -0.2) is 0 Å². The van der Waals surface area contributed by atoms with E-state index in [1.54, 1.807) is 26.0 Å². The van der Waals surface area contributed by atoms with E-state index in [0.717, 1.165) is 0 Å². The summed E-state index contributed by atoms with van der Waals surface area (Å²) in [5.41, 5.74) is 0. The number of carbonyl (C=O) groups is 2. The van der Waals surface area contributed by atoms with Crippen LogP contribution in [0.4, 0.5) is 0 Å². The van der Waals surface area contributed by atoms with Crippen molar-refractivity contribution < 1.29 is 19.1 Å². The van der Waals surface area contributed by atoms with Gasteiger partial charge in [0.25, 0.3) is 0 Å². The molecule has 0 N–H and O–H groups in total. The van der Waals surface area contributed by atoms with Gasteiger partial charge >= 0.3 is 11.9 Å². The number of ether oxygens (including phenoxy) is 2. The highest BCUT2D eigenvalue weighted by atomic mass is 79.9. The summed E-state index contributed by atoms with van der Waals surface area (Å²) in [7, 11) is 0. The fourth-order valence-electron chi connectivity index (χ4n) is 1.02. The van der Waals surface area contributed by atoms with Crippen LogP contribution in [0.5, 0.6) is 11.5 Å². The molecule has 0 aliphatic heterocycles. The van der Waals surface area contributed by atoms with Crippen molar-refractivity contribution in [2.75, 3.05) is 0 Å². The first kappa shape index (κ1) is 13.7. The highest BCUT2D eigenvalue weighted by molar-refractivity contribution is 9.10. The number of rotatable bonds is 4. The van der Waals surface area contributed by atoms with Gasteiger partial charge in [-0.1, -0.05) is 13.8 Å². The zero-order valence-corrected chi connectivity index (χ0v) is 11.2. The van der Waals surface area contributed by atoms with Gasteiger partial charge in [0.2, 0.25) is 0 Å². The molecule has 0 aliphatic carbocycles. The molecule has 0 radical (unpaired) electrons. The summed E-state index contributed by atoms with van der Waals surface area (Å²) < 4.78 is 10.7. The first-order chi connectivity index (χ1) is 8.06. The molecule has 1 aromatic rings. The van der Waals surface area contributed by atoms with E-state index in [1.165, 1.54) is 6.07 Å². The minimum absolute atomic E-state index is 0.283. The minimum Gasteiger partial charge on any atom is -0.426 e. The SMILES string of the molecule is CCC(=O)Oc1ccc(Br)c(OC(=O)CC)c1. The number of carbonyl (C=O) groups excluding carboxylic acids is 2. The van der Waals surface area contributed by atoms with Crippen LogP contribution in [-0.4, -0.2) is 11.9 Å². The summed E-state index contributed by atoms with van der Waals surface area (Å²) in [6, 6.07) is 4.79. The number of hydrogen-bond acceptors (Lipinski definition) is 4. The van der Waals surface area contributed by atoms with Gasteiger partial charge in [0.15, 0.2) is 0 Å². The van der Waals surface area contributed by atoms with Gasteiger partial charge in [-0.05, 0) is 28.1 Å². The number of esters is 2. The second-order valence-corrected chi connectivity index (χ2v) is 4.10.